The van der Waals surface area contributed by atoms with E-state index >= 15 is 0 Å². The lowest BCUT2D eigenvalue weighted by Crippen LogP contribution is -2.25. The van der Waals surface area contributed by atoms with Gasteiger partial charge in [-0.3, -0.25) is 4.79 Å². The number of imidazole rings is 1. The van der Waals surface area contributed by atoms with Gasteiger partial charge in [0.2, 0.25) is 6.79 Å². The highest BCUT2D eigenvalue weighted by molar-refractivity contribution is 5.67. The fraction of sp³-hybridized carbons (Fsp3) is 0.321. The van der Waals surface area contributed by atoms with Gasteiger partial charge >= 0.3 is 5.97 Å². The monoisotopic (exact) mass is 486 g/mol. The SMILES string of the molecule is O=C(O)CC(Cc1ccccc1)C(C1=COCO1)n1cnc(C=CCc2ccc3c(n2)NCCC3)c1. The fourth-order valence-electron chi connectivity index (χ4n) is 4.84. The smallest absolute Gasteiger partial charge is 0.303 e. The van der Waals surface area contributed by atoms with Gasteiger partial charge in [-0.15, -0.1) is 0 Å². The topological polar surface area (TPSA) is 98.5 Å². The van der Waals surface area contributed by atoms with Crippen molar-refractivity contribution in [1.29, 1.82) is 0 Å². The van der Waals surface area contributed by atoms with Crippen LogP contribution >= 0.6 is 0 Å². The van der Waals surface area contributed by atoms with Crippen molar-refractivity contribution < 1.29 is 19.4 Å². The van der Waals surface area contributed by atoms with Gasteiger partial charge in [-0.25, -0.2) is 9.97 Å². The molecule has 0 saturated carbocycles. The van der Waals surface area contributed by atoms with Crippen molar-refractivity contribution in [3.8, 4) is 0 Å². The van der Waals surface area contributed by atoms with E-state index in [2.05, 4.69) is 22.4 Å². The molecule has 0 saturated heterocycles. The lowest BCUT2D eigenvalue weighted by atomic mass is 9.88. The maximum absolute atomic E-state index is 11.8. The van der Waals surface area contributed by atoms with Crippen molar-refractivity contribution in [2.45, 2.75) is 38.1 Å². The zero-order valence-electron chi connectivity index (χ0n) is 20.0. The molecule has 3 aromatic rings. The molecule has 2 atom stereocenters. The van der Waals surface area contributed by atoms with Crippen LogP contribution in [0.4, 0.5) is 5.82 Å². The van der Waals surface area contributed by atoms with E-state index in [1.165, 1.54) is 5.56 Å². The van der Waals surface area contributed by atoms with Crippen LogP contribution in [-0.4, -0.2) is 38.9 Å². The average molecular weight is 487 g/mol. The van der Waals surface area contributed by atoms with Crippen LogP contribution < -0.4 is 5.32 Å². The first-order valence-electron chi connectivity index (χ1n) is 12.3. The van der Waals surface area contributed by atoms with E-state index in [0.717, 1.165) is 42.2 Å². The number of fused-ring (bicyclic) bond motifs is 1. The summed E-state index contributed by atoms with van der Waals surface area (Å²) in [6.07, 6.45) is 12.7. The minimum absolute atomic E-state index is 0.0123. The molecule has 36 heavy (non-hydrogen) atoms. The van der Waals surface area contributed by atoms with Crippen molar-refractivity contribution in [2.24, 2.45) is 5.92 Å². The Morgan fingerprint density at radius 1 is 1.22 bits per heavy atom. The molecule has 1 aromatic carbocycles. The molecule has 2 unspecified atom stereocenters. The van der Waals surface area contributed by atoms with E-state index in [1.54, 1.807) is 12.6 Å². The lowest BCUT2D eigenvalue weighted by molar-refractivity contribution is -0.138. The summed E-state index contributed by atoms with van der Waals surface area (Å²) >= 11 is 0. The summed E-state index contributed by atoms with van der Waals surface area (Å²) in [6.45, 7) is 1.09. The molecule has 0 fully saturated rings. The van der Waals surface area contributed by atoms with Gasteiger partial charge in [0.1, 0.15) is 12.1 Å². The summed E-state index contributed by atoms with van der Waals surface area (Å²) in [5, 5.41) is 13.0. The van der Waals surface area contributed by atoms with Crippen molar-refractivity contribution in [3.63, 3.8) is 0 Å². The van der Waals surface area contributed by atoms with Gasteiger partial charge in [0.25, 0.3) is 0 Å². The van der Waals surface area contributed by atoms with Crippen LogP contribution in [-0.2, 0) is 33.5 Å². The number of aliphatic carboxylic acids is 1. The molecule has 2 aliphatic rings. The number of ether oxygens (including phenoxy) is 2. The third-order valence-electron chi connectivity index (χ3n) is 6.52. The van der Waals surface area contributed by atoms with E-state index in [-0.39, 0.29) is 25.2 Å². The maximum atomic E-state index is 11.8. The molecule has 2 N–H and O–H groups in total. The molecule has 0 amide bonds. The summed E-state index contributed by atoms with van der Waals surface area (Å²) < 4.78 is 13.0. The van der Waals surface area contributed by atoms with E-state index in [1.807, 2.05) is 53.2 Å². The standard InChI is InChI=1S/C28H30N4O4/c33-26(34)15-22(14-20-6-2-1-3-7-20)27(25-17-35-19-36-25)32-16-24(30-18-32)10-4-9-23-12-11-21-8-5-13-29-28(21)31-23/h1-4,6-7,10-12,16-18,22,27H,5,8-9,13-15,19H2,(H,29,31)(H,33,34). The molecule has 2 aliphatic heterocycles. The molecule has 0 spiro atoms. The Balaban J connectivity index is 1.34. The number of nitrogens with one attached hydrogen (secondary N) is 1. The van der Waals surface area contributed by atoms with Crippen LogP contribution in [0.3, 0.4) is 0 Å². The number of rotatable bonds is 10. The van der Waals surface area contributed by atoms with Gasteiger partial charge in [-0.05, 0) is 42.5 Å². The summed E-state index contributed by atoms with van der Waals surface area (Å²) in [5.41, 5.74) is 4.13. The average Bonchev–Trinajstić information content (AvgIpc) is 3.58. The molecule has 5 rings (SSSR count). The van der Waals surface area contributed by atoms with E-state index in [0.29, 0.717) is 18.6 Å². The quantitative estimate of drug-likeness (QED) is 0.432. The number of hydrogen-bond acceptors (Lipinski definition) is 6. The highest BCUT2D eigenvalue weighted by Crippen LogP contribution is 2.34. The molecule has 186 valence electrons. The highest BCUT2D eigenvalue weighted by Gasteiger charge is 2.32. The Morgan fingerprint density at radius 2 is 2.11 bits per heavy atom. The maximum Gasteiger partial charge on any atom is 0.303 e. The number of aromatic nitrogens is 3. The van der Waals surface area contributed by atoms with Crippen LogP contribution in [0.1, 0.15) is 41.4 Å². The molecule has 2 aromatic heterocycles. The largest absolute Gasteiger partial charge is 0.481 e. The predicted octanol–water partition coefficient (Wildman–Crippen LogP) is 4.61. The Kier molecular flexibility index (Phi) is 7.30. The van der Waals surface area contributed by atoms with Crippen molar-refractivity contribution >= 4 is 17.9 Å². The lowest BCUT2D eigenvalue weighted by Gasteiger charge is -2.27. The van der Waals surface area contributed by atoms with Crippen LogP contribution in [0.15, 0.2) is 73.1 Å². The molecule has 0 aliphatic carbocycles. The predicted molar refractivity (Wildman–Crippen MR) is 136 cm³/mol. The first-order chi connectivity index (χ1) is 17.7. The Labute approximate surface area is 210 Å². The number of allylic oxidation sites excluding steroid dienone is 2. The third kappa shape index (κ3) is 5.76. The van der Waals surface area contributed by atoms with Crippen molar-refractivity contribution in [3.05, 3.63) is 95.6 Å². The number of pyridine rings is 1. The van der Waals surface area contributed by atoms with Crippen molar-refractivity contribution in [2.75, 3.05) is 18.7 Å². The number of benzene rings is 1. The number of nitrogens with zero attached hydrogens (tertiary/aromatic N) is 3. The molecule has 0 radical (unpaired) electrons. The zero-order chi connectivity index (χ0) is 24.7. The second-order valence-corrected chi connectivity index (χ2v) is 9.13. The van der Waals surface area contributed by atoms with Crippen molar-refractivity contribution in [1.82, 2.24) is 14.5 Å². The number of aryl methyl sites for hydroxylation is 1. The second-order valence-electron chi connectivity index (χ2n) is 9.13. The van der Waals surface area contributed by atoms with Crippen LogP contribution in [0.5, 0.6) is 0 Å². The minimum Gasteiger partial charge on any atom is -0.481 e. The number of carboxylic acids is 1. The summed E-state index contributed by atoms with van der Waals surface area (Å²) in [4.78, 5) is 21.1. The summed E-state index contributed by atoms with van der Waals surface area (Å²) in [5.74, 6) is 0.494. The van der Waals surface area contributed by atoms with E-state index < -0.39 is 5.97 Å². The summed E-state index contributed by atoms with van der Waals surface area (Å²) in [6, 6.07) is 13.8. The number of hydrogen-bond donors (Lipinski definition) is 2. The highest BCUT2D eigenvalue weighted by atomic mass is 16.7. The number of carboxylic acid groups (broad SMARTS) is 1. The third-order valence-corrected chi connectivity index (χ3v) is 6.52. The van der Waals surface area contributed by atoms with E-state index in [4.69, 9.17) is 14.5 Å². The first kappa shape index (κ1) is 23.7. The molecule has 0 bridgehead atoms. The molecule has 4 heterocycles. The normalized spacial score (nSPS) is 16.4. The minimum atomic E-state index is -0.854. The van der Waals surface area contributed by atoms with Crippen LogP contribution in [0, 0.1) is 5.92 Å². The number of carbonyl (C=O) groups is 1. The molecule has 8 nitrogen and oxygen atoms in total. The van der Waals surface area contributed by atoms with Gasteiger partial charge < -0.3 is 24.5 Å². The van der Waals surface area contributed by atoms with E-state index in [9.17, 15) is 9.90 Å². The van der Waals surface area contributed by atoms with Gasteiger partial charge in [0.15, 0.2) is 5.76 Å². The molecule has 8 heteroatoms. The Bertz CT molecular complexity index is 1250. The fourth-order valence-corrected chi connectivity index (χ4v) is 4.84. The second kappa shape index (κ2) is 11.1. The molecular formula is C28H30N4O4. The van der Waals surface area contributed by atoms with Gasteiger partial charge in [-0.1, -0.05) is 42.5 Å². The number of anilines is 1. The van der Waals surface area contributed by atoms with Crippen LogP contribution in [0.25, 0.3) is 6.08 Å². The zero-order valence-corrected chi connectivity index (χ0v) is 20.0. The Morgan fingerprint density at radius 3 is 2.92 bits per heavy atom. The Hall–Kier alpha value is -4.07. The first-order valence-corrected chi connectivity index (χ1v) is 12.3. The van der Waals surface area contributed by atoms with Gasteiger partial charge in [-0.2, -0.15) is 0 Å². The van der Waals surface area contributed by atoms with Crippen LogP contribution in [0.2, 0.25) is 0 Å². The molecular weight excluding hydrogens is 456 g/mol. The van der Waals surface area contributed by atoms with Gasteiger partial charge in [0.05, 0.1) is 24.5 Å². The summed E-state index contributed by atoms with van der Waals surface area (Å²) in [7, 11) is 0. The van der Waals surface area contributed by atoms with Gasteiger partial charge in [0, 0.05) is 30.8 Å².